The number of imidazole rings is 1. The standard InChI is InChI=1S/C15H18BrN3O/c1-20-14-9-11(16)8-13(10-14)19-7-6-17-15(19)18-12-4-2-3-5-12/h6-10,12H,2-5H2,1H3,(H,17,18). The maximum absolute atomic E-state index is 5.32. The molecule has 4 nitrogen and oxygen atoms in total. The summed E-state index contributed by atoms with van der Waals surface area (Å²) in [4.78, 5) is 4.44. The number of benzene rings is 1. The SMILES string of the molecule is COc1cc(Br)cc(-n2ccnc2NC2CCCC2)c1. The molecule has 0 radical (unpaired) electrons. The Morgan fingerprint density at radius 2 is 2.10 bits per heavy atom. The fourth-order valence-electron chi connectivity index (χ4n) is 2.68. The number of anilines is 1. The number of halogens is 1. The Bertz CT molecular complexity index is 591. The van der Waals surface area contributed by atoms with Crippen LogP contribution in [0.3, 0.4) is 0 Å². The van der Waals surface area contributed by atoms with Crippen LogP contribution >= 0.6 is 15.9 Å². The van der Waals surface area contributed by atoms with Gasteiger partial charge in [0.25, 0.3) is 0 Å². The topological polar surface area (TPSA) is 39.1 Å². The van der Waals surface area contributed by atoms with Gasteiger partial charge in [-0.1, -0.05) is 28.8 Å². The van der Waals surface area contributed by atoms with Crippen LogP contribution in [-0.4, -0.2) is 22.7 Å². The van der Waals surface area contributed by atoms with E-state index in [2.05, 4.69) is 36.9 Å². The monoisotopic (exact) mass is 335 g/mol. The Morgan fingerprint density at radius 1 is 1.30 bits per heavy atom. The Balaban J connectivity index is 1.90. The highest BCUT2D eigenvalue weighted by molar-refractivity contribution is 9.10. The molecule has 20 heavy (non-hydrogen) atoms. The van der Waals surface area contributed by atoms with Crippen LogP contribution in [0.2, 0.25) is 0 Å². The number of nitrogens with zero attached hydrogens (tertiary/aromatic N) is 2. The van der Waals surface area contributed by atoms with E-state index in [1.54, 1.807) is 7.11 Å². The number of rotatable bonds is 4. The van der Waals surface area contributed by atoms with Crippen LogP contribution in [0.25, 0.3) is 5.69 Å². The van der Waals surface area contributed by atoms with E-state index in [9.17, 15) is 0 Å². The average molecular weight is 336 g/mol. The maximum Gasteiger partial charge on any atom is 0.207 e. The Morgan fingerprint density at radius 3 is 2.85 bits per heavy atom. The second-order valence-electron chi connectivity index (χ2n) is 5.10. The summed E-state index contributed by atoms with van der Waals surface area (Å²) in [6.07, 6.45) is 8.87. The molecule has 1 N–H and O–H groups in total. The second kappa shape index (κ2) is 5.87. The molecule has 1 aliphatic carbocycles. The van der Waals surface area contributed by atoms with Crippen molar-refractivity contribution in [2.24, 2.45) is 0 Å². The molecule has 106 valence electrons. The molecule has 1 saturated carbocycles. The normalized spacial score (nSPS) is 15.5. The Kier molecular flexibility index (Phi) is 3.96. The third-order valence-electron chi connectivity index (χ3n) is 3.70. The zero-order chi connectivity index (χ0) is 13.9. The average Bonchev–Trinajstić information content (AvgIpc) is 3.10. The quantitative estimate of drug-likeness (QED) is 0.917. The fourth-order valence-corrected chi connectivity index (χ4v) is 3.14. The second-order valence-corrected chi connectivity index (χ2v) is 6.01. The summed E-state index contributed by atoms with van der Waals surface area (Å²) in [5.74, 6) is 1.73. The molecular weight excluding hydrogens is 318 g/mol. The largest absolute Gasteiger partial charge is 0.497 e. The third-order valence-corrected chi connectivity index (χ3v) is 4.16. The molecule has 0 bridgehead atoms. The summed E-state index contributed by atoms with van der Waals surface area (Å²) < 4.78 is 8.38. The van der Waals surface area contributed by atoms with Gasteiger partial charge >= 0.3 is 0 Å². The van der Waals surface area contributed by atoms with Gasteiger partial charge in [0.1, 0.15) is 5.75 Å². The van der Waals surface area contributed by atoms with E-state index in [4.69, 9.17) is 4.74 Å². The first-order chi connectivity index (χ1) is 9.76. The lowest BCUT2D eigenvalue weighted by molar-refractivity contribution is 0.414. The highest BCUT2D eigenvalue weighted by Crippen LogP contribution is 2.27. The first kappa shape index (κ1) is 13.5. The molecule has 1 aliphatic rings. The molecule has 2 aromatic rings. The molecule has 0 atom stereocenters. The summed E-state index contributed by atoms with van der Waals surface area (Å²) >= 11 is 3.52. The molecule has 0 spiro atoms. The van der Waals surface area contributed by atoms with Gasteiger partial charge in [-0.05, 0) is 25.0 Å². The van der Waals surface area contributed by atoms with Crippen molar-refractivity contribution >= 4 is 21.9 Å². The smallest absolute Gasteiger partial charge is 0.207 e. The van der Waals surface area contributed by atoms with Gasteiger partial charge in [-0.15, -0.1) is 0 Å². The van der Waals surface area contributed by atoms with Gasteiger partial charge in [0, 0.05) is 29.0 Å². The van der Waals surface area contributed by atoms with E-state index >= 15 is 0 Å². The molecule has 0 amide bonds. The lowest BCUT2D eigenvalue weighted by atomic mass is 10.2. The number of nitrogens with one attached hydrogen (secondary N) is 1. The molecular formula is C15H18BrN3O. The van der Waals surface area contributed by atoms with Crippen LogP contribution in [0.5, 0.6) is 5.75 Å². The lowest BCUT2D eigenvalue weighted by Crippen LogP contribution is -2.17. The van der Waals surface area contributed by atoms with Crippen LogP contribution in [0.15, 0.2) is 35.1 Å². The Hall–Kier alpha value is -1.49. The molecule has 1 aromatic carbocycles. The van der Waals surface area contributed by atoms with Crippen LogP contribution in [0, 0.1) is 0 Å². The van der Waals surface area contributed by atoms with Crippen molar-refractivity contribution in [3.8, 4) is 11.4 Å². The van der Waals surface area contributed by atoms with Gasteiger partial charge in [0.05, 0.1) is 12.8 Å². The molecule has 0 aliphatic heterocycles. The third kappa shape index (κ3) is 2.82. The molecule has 0 saturated heterocycles. The van der Waals surface area contributed by atoms with Crippen molar-refractivity contribution < 1.29 is 4.74 Å². The van der Waals surface area contributed by atoms with Crippen molar-refractivity contribution in [3.05, 3.63) is 35.1 Å². The van der Waals surface area contributed by atoms with Crippen molar-refractivity contribution in [2.75, 3.05) is 12.4 Å². The zero-order valence-electron chi connectivity index (χ0n) is 11.5. The van der Waals surface area contributed by atoms with E-state index in [1.165, 1.54) is 25.7 Å². The van der Waals surface area contributed by atoms with Gasteiger partial charge in [-0.2, -0.15) is 0 Å². The number of hydrogen-bond donors (Lipinski definition) is 1. The van der Waals surface area contributed by atoms with Crippen molar-refractivity contribution in [3.63, 3.8) is 0 Å². The minimum atomic E-state index is 0.546. The first-order valence-corrected chi connectivity index (χ1v) is 7.70. The molecule has 5 heteroatoms. The van der Waals surface area contributed by atoms with Crippen molar-refractivity contribution in [1.82, 2.24) is 9.55 Å². The lowest BCUT2D eigenvalue weighted by Gasteiger charge is -2.15. The van der Waals surface area contributed by atoms with Gasteiger partial charge < -0.3 is 10.1 Å². The summed E-state index contributed by atoms with van der Waals surface area (Å²) in [6.45, 7) is 0. The van der Waals surface area contributed by atoms with Crippen LogP contribution in [0.4, 0.5) is 5.95 Å². The van der Waals surface area contributed by atoms with E-state index < -0.39 is 0 Å². The van der Waals surface area contributed by atoms with Gasteiger partial charge in [-0.3, -0.25) is 4.57 Å². The summed E-state index contributed by atoms with van der Waals surface area (Å²) in [5, 5.41) is 3.54. The Labute approximate surface area is 127 Å². The van der Waals surface area contributed by atoms with Crippen LogP contribution < -0.4 is 10.1 Å². The minimum absolute atomic E-state index is 0.546. The molecule has 1 aromatic heterocycles. The zero-order valence-corrected chi connectivity index (χ0v) is 13.1. The summed E-state index contributed by atoms with van der Waals surface area (Å²) in [5.41, 5.74) is 1.04. The van der Waals surface area contributed by atoms with Crippen molar-refractivity contribution in [1.29, 1.82) is 0 Å². The fraction of sp³-hybridized carbons (Fsp3) is 0.400. The van der Waals surface area contributed by atoms with Crippen molar-refractivity contribution in [2.45, 2.75) is 31.7 Å². The summed E-state index contributed by atoms with van der Waals surface area (Å²) in [6, 6.07) is 6.56. The number of ether oxygens (including phenoxy) is 1. The summed E-state index contributed by atoms with van der Waals surface area (Å²) in [7, 11) is 1.68. The predicted molar refractivity (Wildman–Crippen MR) is 83.7 cm³/mol. The molecule has 3 rings (SSSR count). The highest BCUT2D eigenvalue weighted by atomic mass is 79.9. The highest BCUT2D eigenvalue weighted by Gasteiger charge is 2.17. The van der Waals surface area contributed by atoms with Gasteiger partial charge in [-0.25, -0.2) is 4.98 Å². The van der Waals surface area contributed by atoms with E-state index in [0.717, 1.165) is 21.9 Å². The molecule has 1 fully saturated rings. The van der Waals surface area contributed by atoms with E-state index in [1.807, 2.05) is 24.5 Å². The molecule has 0 unspecified atom stereocenters. The van der Waals surface area contributed by atoms with Gasteiger partial charge in [0.15, 0.2) is 0 Å². The number of hydrogen-bond acceptors (Lipinski definition) is 3. The van der Waals surface area contributed by atoms with E-state index in [-0.39, 0.29) is 0 Å². The number of aromatic nitrogens is 2. The maximum atomic E-state index is 5.32. The molecule has 1 heterocycles. The minimum Gasteiger partial charge on any atom is -0.497 e. The van der Waals surface area contributed by atoms with Crippen LogP contribution in [0.1, 0.15) is 25.7 Å². The van der Waals surface area contributed by atoms with Gasteiger partial charge in [0.2, 0.25) is 5.95 Å². The number of methoxy groups -OCH3 is 1. The predicted octanol–water partition coefficient (Wildman–Crippen LogP) is 4.00. The van der Waals surface area contributed by atoms with E-state index in [0.29, 0.717) is 6.04 Å². The van der Waals surface area contributed by atoms with Crippen LogP contribution in [-0.2, 0) is 0 Å². The first-order valence-electron chi connectivity index (χ1n) is 6.91.